The summed E-state index contributed by atoms with van der Waals surface area (Å²) in [4.78, 5) is 25.3. The second kappa shape index (κ2) is 9.03. The Morgan fingerprint density at radius 1 is 0.833 bits per heavy atom. The Labute approximate surface area is 176 Å². The van der Waals surface area contributed by atoms with E-state index in [9.17, 15) is 9.59 Å². The van der Waals surface area contributed by atoms with Crippen molar-refractivity contribution in [1.82, 2.24) is 10.6 Å². The predicted octanol–water partition coefficient (Wildman–Crippen LogP) is 3.81. The Morgan fingerprint density at radius 3 is 2.30 bits per heavy atom. The smallest absolute Gasteiger partial charge is 0.231 e. The van der Waals surface area contributed by atoms with Gasteiger partial charge in [0.15, 0.2) is 11.5 Å². The fraction of sp³-hybridized carbons (Fsp3) is 0.333. The summed E-state index contributed by atoms with van der Waals surface area (Å²) in [6.45, 7) is 1.99. The first kappa shape index (κ1) is 20.0. The fourth-order valence-corrected chi connectivity index (χ4v) is 3.77. The molecule has 0 unspecified atom stereocenters. The maximum atomic E-state index is 12.8. The van der Waals surface area contributed by atoms with Gasteiger partial charge in [0.1, 0.15) is 0 Å². The van der Waals surface area contributed by atoms with E-state index in [0.29, 0.717) is 24.3 Å². The van der Waals surface area contributed by atoms with Crippen LogP contribution in [0.15, 0.2) is 60.7 Å². The van der Waals surface area contributed by atoms with E-state index in [4.69, 9.17) is 9.47 Å². The van der Waals surface area contributed by atoms with Crippen LogP contribution in [0.1, 0.15) is 49.4 Å². The van der Waals surface area contributed by atoms with Crippen molar-refractivity contribution < 1.29 is 19.1 Å². The third-order valence-electron chi connectivity index (χ3n) is 5.50. The quantitative estimate of drug-likeness (QED) is 0.744. The van der Waals surface area contributed by atoms with Gasteiger partial charge in [-0.25, -0.2) is 0 Å². The average Bonchev–Trinajstić information content (AvgIpc) is 3.22. The highest BCUT2D eigenvalue weighted by Crippen LogP contribution is 2.35. The van der Waals surface area contributed by atoms with Gasteiger partial charge in [0.05, 0.1) is 12.1 Å². The van der Waals surface area contributed by atoms with Crippen LogP contribution in [0.2, 0.25) is 0 Å². The van der Waals surface area contributed by atoms with Crippen LogP contribution >= 0.6 is 0 Å². The lowest BCUT2D eigenvalue weighted by molar-refractivity contribution is -0.130. The van der Waals surface area contributed by atoms with E-state index in [1.807, 2.05) is 48.5 Å². The molecule has 3 atom stereocenters. The van der Waals surface area contributed by atoms with Crippen molar-refractivity contribution in [1.29, 1.82) is 0 Å². The summed E-state index contributed by atoms with van der Waals surface area (Å²) in [7, 11) is 0. The molecule has 156 valence electrons. The summed E-state index contributed by atoms with van der Waals surface area (Å²) in [5, 5.41) is 6.16. The molecular formula is C24H26N2O4. The van der Waals surface area contributed by atoms with Gasteiger partial charge in [-0.2, -0.15) is 0 Å². The molecule has 30 heavy (non-hydrogen) atoms. The SMILES string of the molecule is C[C@H]1CC(=O)N[C@@H](c2ccccc2)C/C=C\C[C@H](c2ccc3c(c2)OCO3)NC1=O. The normalized spacial score (nSPS) is 25.4. The summed E-state index contributed by atoms with van der Waals surface area (Å²) in [5.41, 5.74) is 2.00. The number of carbonyl (C=O) groups excluding carboxylic acids is 2. The van der Waals surface area contributed by atoms with Crippen LogP contribution in [0.3, 0.4) is 0 Å². The number of fused-ring (bicyclic) bond motifs is 1. The second-order valence-corrected chi connectivity index (χ2v) is 7.75. The molecule has 4 rings (SSSR count). The van der Waals surface area contributed by atoms with Crippen LogP contribution in [0.25, 0.3) is 0 Å². The molecule has 2 N–H and O–H groups in total. The van der Waals surface area contributed by atoms with Crippen molar-refractivity contribution in [2.45, 2.75) is 38.3 Å². The predicted molar refractivity (Wildman–Crippen MR) is 113 cm³/mol. The van der Waals surface area contributed by atoms with E-state index < -0.39 is 5.92 Å². The number of rotatable bonds is 2. The van der Waals surface area contributed by atoms with Crippen LogP contribution in [0.5, 0.6) is 11.5 Å². The number of carbonyl (C=O) groups is 2. The monoisotopic (exact) mass is 406 g/mol. The van der Waals surface area contributed by atoms with Crippen LogP contribution in [0, 0.1) is 5.92 Å². The van der Waals surface area contributed by atoms with Gasteiger partial charge >= 0.3 is 0 Å². The first-order valence-corrected chi connectivity index (χ1v) is 10.3. The Hall–Kier alpha value is -3.28. The third kappa shape index (κ3) is 4.64. The molecule has 0 spiro atoms. The standard InChI is InChI=1S/C24H26N2O4/c1-16-13-23(27)25-19(17-7-3-2-4-8-17)9-5-6-10-20(26-24(16)28)18-11-12-21-22(14-18)30-15-29-21/h2-8,11-12,14,16,19-20H,9-10,13,15H2,1H3,(H,25,27)(H,26,28)/b6-5-/t16-,19+,20+/m0/s1. The number of hydrogen-bond donors (Lipinski definition) is 2. The molecule has 0 saturated heterocycles. The van der Waals surface area contributed by atoms with Crippen LogP contribution < -0.4 is 20.1 Å². The van der Waals surface area contributed by atoms with Gasteiger partial charge in [-0.1, -0.05) is 55.5 Å². The minimum absolute atomic E-state index is 0.117. The molecular weight excluding hydrogens is 380 g/mol. The van der Waals surface area contributed by atoms with E-state index in [0.717, 1.165) is 11.1 Å². The Balaban J connectivity index is 1.58. The van der Waals surface area contributed by atoms with Gasteiger partial charge in [-0.05, 0) is 36.1 Å². The van der Waals surface area contributed by atoms with E-state index in [-0.39, 0.29) is 37.1 Å². The minimum Gasteiger partial charge on any atom is -0.454 e. The zero-order chi connectivity index (χ0) is 20.9. The average molecular weight is 406 g/mol. The van der Waals surface area contributed by atoms with Crippen molar-refractivity contribution >= 4 is 11.8 Å². The van der Waals surface area contributed by atoms with E-state index >= 15 is 0 Å². The summed E-state index contributed by atoms with van der Waals surface area (Å²) < 4.78 is 10.9. The van der Waals surface area contributed by atoms with Gasteiger partial charge in [0.2, 0.25) is 18.6 Å². The van der Waals surface area contributed by atoms with Gasteiger partial charge in [-0.15, -0.1) is 0 Å². The van der Waals surface area contributed by atoms with E-state index in [2.05, 4.69) is 22.8 Å². The molecule has 0 fully saturated rings. The molecule has 0 aliphatic carbocycles. The fourth-order valence-electron chi connectivity index (χ4n) is 3.77. The van der Waals surface area contributed by atoms with Gasteiger partial charge in [-0.3, -0.25) is 9.59 Å². The molecule has 6 nitrogen and oxygen atoms in total. The summed E-state index contributed by atoms with van der Waals surface area (Å²) in [6, 6.07) is 15.3. The van der Waals surface area contributed by atoms with Crippen LogP contribution in [-0.4, -0.2) is 18.6 Å². The highest BCUT2D eigenvalue weighted by molar-refractivity contribution is 5.86. The lowest BCUT2D eigenvalue weighted by Gasteiger charge is -2.23. The zero-order valence-corrected chi connectivity index (χ0v) is 17.0. The molecule has 2 aliphatic rings. The Kier molecular flexibility index (Phi) is 6.02. The maximum absolute atomic E-state index is 12.8. The van der Waals surface area contributed by atoms with E-state index in [1.54, 1.807) is 6.92 Å². The first-order valence-electron chi connectivity index (χ1n) is 10.3. The number of nitrogens with one attached hydrogen (secondary N) is 2. The third-order valence-corrected chi connectivity index (χ3v) is 5.50. The van der Waals surface area contributed by atoms with Crippen molar-refractivity contribution in [3.8, 4) is 11.5 Å². The highest BCUT2D eigenvalue weighted by Gasteiger charge is 2.24. The lowest BCUT2D eigenvalue weighted by Crippen LogP contribution is -2.37. The van der Waals surface area contributed by atoms with E-state index in [1.165, 1.54) is 0 Å². The Morgan fingerprint density at radius 2 is 1.53 bits per heavy atom. The zero-order valence-electron chi connectivity index (χ0n) is 17.0. The maximum Gasteiger partial charge on any atom is 0.231 e. The molecule has 0 bridgehead atoms. The van der Waals surface area contributed by atoms with Crippen molar-refractivity contribution in [2.75, 3.05) is 6.79 Å². The second-order valence-electron chi connectivity index (χ2n) is 7.75. The number of hydrogen-bond acceptors (Lipinski definition) is 4. The molecule has 2 heterocycles. The van der Waals surface area contributed by atoms with Crippen molar-refractivity contribution in [3.05, 3.63) is 71.8 Å². The summed E-state index contributed by atoms with van der Waals surface area (Å²) in [5.74, 6) is 0.706. The molecule has 6 heteroatoms. The highest BCUT2D eigenvalue weighted by atomic mass is 16.7. The number of benzene rings is 2. The molecule has 2 aliphatic heterocycles. The van der Waals surface area contributed by atoms with Crippen molar-refractivity contribution in [2.24, 2.45) is 5.92 Å². The first-order chi connectivity index (χ1) is 14.6. The molecule has 0 aromatic heterocycles. The van der Waals surface area contributed by atoms with Crippen LogP contribution in [-0.2, 0) is 9.59 Å². The van der Waals surface area contributed by atoms with Crippen LogP contribution in [0.4, 0.5) is 0 Å². The molecule has 0 saturated carbocycles. The summed E-state index contributed by atoms with van der Waals surface area (Å²) >= 11 is 0. The van der Waals surface area contributed by atoms with Gasteiger partial charge < -0.3 is 20.1 Å². The molecule has 0 radical (unpaired) electrons. The topological polar surface area (TPSA) is 76.7 Å². The molecule has 2 aromatic rings. The minimum atomic E-state index is -0.429. The molecule has 2 amide bonds. The van der Waals surface area contributed by atoms with Gasteiger partial charge in [0.25, 0.3) is 0 Å². The molecule has 2 aromatic carbocycles. The largest absolute Gasteiger partial charge is 0.454 e. The Bertz CT molecular complexity index is 941. The summed E-state index contributed by atoms with van der Waals surface area (Å²) in [6.07, 6.45) is 5.60. The number of ether oxygens (including phenoxy) is 2. The van der Waals surface area contributed by atoms with Gasteiger partial charge in [0, 0.05) is 12.3 Å². The number of amides is 2. The van der Waals surface area contributed by atoms with Crippen molar-refractivity contribution in [3.63, 3.8) is 0 Å². The lowest BCUT2D eigenvalue weighted by atomic mass is 9.97.